The van der Waals surface area contributed by atoms with Gasteiger partial charge in [-0.15, -0.1) is 11.3 Å². The van der Waals surface area contributed by atoms with Gasteiger partial charge in [-0.05, 0) is 133 Å². The Morgan fingerprint density at radius 2 is 0.914 bits per heavy atom. The number of para-hydroxylation sites is 4. The van der Waals surface area contributed by atoms with E-state index in [2.05, 4.69) is 289 Å². The Balaban J connectivity index is 1.09. The minimum absolute atomic E-state index is 0.0119. The van der Waals surface area contributed by atoms with Gasteiger partial charge in [-0.2, -0.15) is 0 Å². The van der Waals surface area contributed by atoms with Gasteiger partial charge in [0.2, 0.25) is 0 Å². The van der Waals surface area contributed by atoms with Crippen molar-refractivity contribution >= 4 is 99.8 Å². The van der Waals surface area contributed by atoms with Gasteiger partial charge in [-0.3, -0.25) is 0 Å². The molecule has 3 aliphatic heterocycles. The Kier molecular flexibility index (Phi) is 10.00. The molecule has 0 bridgehead atoms. The number of anilines is 6. The van der Waals surface area contributed by atoms with Crippen molar-refractivity contribution in [2.45, 2.75) is 84.0 Å². The fraction of sp³-hybridized carbons (Fsp3) is 0.173. The summed E-state index contributed by atoms with van der Waals surface area (Å²) in [6.45, 7) is 20.8. The molecule has 10 aromatic carbocycles. The predicted octanol–water partition coefficient (Wildman–Crippen LogP) is 18.4. The van der Waals surface area contributed by atoms with Crippen LogP contribution in [-0.4, -0.2) is 11.3 Å². The van der Waals surface area contributed by atoms with Crippen LogP contribution in [0.5, 0.6) is 11.5 Å². The van der Waals surface area contributed by atoms with Crippen molar-refractivity contribution in [2.75, 3.05) is 9.80 Å². The van der Waals surface area contributed by atoms with Crippen LogP contribution in [0.3, 0.4) is 0 Å². The van der Waals surface area contributed by atoms with Crippen molar-refractivity contribution in [3.8, 4) is 28.3 Å². The first-order valence-electron chi connectivity index (χ1n) is 28.8. The molecule has 0 N–H and O–H groups in total. The molecule has 2 aromatic heterocycles. The summed E-state index contributed by atoms with van der Waals surface area (Å²) in [6.07, 6.45) is 0. The van der Waals surface area contributed by atoms with E-state index in [9.17, 15) is 0 Å². The van der Waals surface area contributed by atoms with Gasteiger partial charge in [0.1, 0.15) is 11.5 Å². The second kappa shape index (κ2) is 16.8. The van der Waals surface area contributed by atoms with E-state index in [1.165, 1.54) is 109 Å². The molecule has 81 heavy (non-hydrogen) atoms. The van der Waals surface area contributed by atoms with Gasteiger partial charge in [0.15, 0.2) is 0 Å². The lowest BCUT2D eigenvalue weighted by Gasteiger charge is -2.45. The number of fused-ring (bicyclic) bond motifs is 19. The van der Waals surface area contributed by atoms with Crippen LogP contribution < -0.4 is 30.2 Å². The van der Waals surface area contributed by atoms with Gasteiger partial charge in [0, 0.05) is 70.8 Å². The van der Waals surface area contributed by atoms with E-state index in [1.54, 1.807) is 0 Å². The molecular formula is C75H62BN3OS. The van der Waals surface area contributed by atoms with Crippen LogP contribution in [0.15, 0.2) is 212 Å². The number of rotatable bonds is 3. The number of benzene rings is 10. The fourth-order valence-electron chi connectivity index (χ4n) is 14.4. The highest BCUT2D eigenvalue weighted by molar-refractivity contribution is 7.33. The van der Waals surface area contributed by atoms with Gasteiger partial charge >= 0.3 is 0 Å². The lowest BCUT2D eigenvalue weighted by molar-refractivity contribution is 0.436. The summed E-state index contributed by atoms with van der Waals surface area (Å²) in [4.78, 5) is 5.33. The fourth-order valence-corrected chi connectivity index (χ4v) is 15.7. The van der Waals surface area contributed by atoms with E-state index in [4.69, 9.17) is 4.74 Å². The molecule has 4 aliphatic rings. The Labute approximate surface area is 479 Å². The molecule has 4 nitrogen and oxygen atoms in total. The summed E-state index contributed by atoms with van der Waals surface area (Å²) in [5.41, 5.74) is 23.8. The lowest BCUT2D eigenvalue weighted by Crippen LogP contribution is -2.60. The molecule has 1 spiro atoms. The van der Waals surface area contributed by atoms with E-state index >= 15 is 0 Å². The molecular weight excluding hydrogens is 1000 g/mol. The first kappa shape index (κ1) is 48.3. The standard InChI is InChI=1S/C75H62BN3OS/c1-72(2,3)45-30-35-48(36-31-45)78-62-43-50(77-60-26-16-11-20-51(60)52-21-12-17-27-61(52)77)44-63-68(62)76(71-69(78)54-42-47(74(7,8)9)34-41-66(54)81-71)59-40-39-58-67(70(59)79(63)49-37-32-46(33-38-49)73(4,5)6)53-22-10-13-23-55(53)75(58)56-24-14-18-28-64(56)80-65-29-19-15-25-57(65)75/h10-44H,1-9H3. The topological polar surface area (TPSA) is 20.6 Å². The normalized spacial score (nSPS) is 14.6. The largest absolute Gasteiger partial charge is 0.457 e. The smallest absolute Gasteiger partial charge is 0.264 e. The summed E-state index contributed by atoms with van der Waals surface area (Å²) in [5, 5.41) is 3.77. The Morgan fingerprint density at radius 1 is 0.420 bits per heavy atom. The van der Waals surface area contributed by atoms with Crippen molar-refractivity contribution in [2.24, 2.45) is 0 Å². The molecule has 0 radical (unpaired) electrons. The number of aromatic nitrogens is 1. The van der Waals surface area contributed by atoms with E-state index in [0.717, 1.165) is 39.7 Å². The Morgan fingerprint density at radius 3 is 1.48 bits per heavy atom. The minimum atomic E-state index is -0.654. The third-order valence-corrected chi connectivity index (χ3v) is 19.5. The molecule has 1 aliphatic carbocycles. The zero-order valence-electron chi connectivity index (χ0n) is 47.4. The van der Waals surface area contributed by atoms with Crippen LogP contribution in [0.25, 0.3) is 48.7 Å². The van der Waals surface area contributed by atoms with Gasteiger partial charge in [0.25, 0.3) is 6.71 Å². The number of hydrogen-bond donors (Lipinski definition) is 0. The summed E-state index contributed by atoms with van der Waals surface area (Å²) >= 11 is 1.97. The van der Waals surface area contributed by atoms with Crippen molar-refractivity contribution < 1.29 is 4.74 Å². The van der Waals surface area contributed by atoms with Crippen molar-refractivity contribution in [1.82, 2.24) is 4.57 Å². The summed E-state index contributed by atoms with van der Waals surface area (Å²) in [5.74, 6) is 1.79. The lowest BCUT2D eigenvalue weighted by atomic mass is 9.36. The molecule has 0 amide bonds. The van der Waals surface area contributed by atoms with E-state index in [1.807, 2.05) is 11.3 Å². The van der Waals surface area contributed by atoms with E-state index < -0.39 is 5.41 Å². The zero-order chi connectivity index (χ0) is 55.1. The molecule has 0 atom stereocenters. The van der Waals surface area contributed by atoms with Crippen molar-refractivity contribution in [3.05, 3.63) is 251 Å². The van der Waals surface area contributed by atoms with Gasteiger partial charge in [0.05, 0.1) is 27.8 Å². The first-order valence-corrected chi connectivity index (χ1v) is 29.6. The zero-order valence-corrected chi connectivity index (χ0v) is 48.3. The summed E-state index contributed by atoms with van der Waals surface area (Å²) < 4.78 is 12.1. The van der Waals surface area contributed by atoms with E-state index in [0.29, 0.717) is 0 Å². The highest BCUT2D eigenvalue weighted by Crippen LogP contribution is 2.65. The average molecular weight is 1060 g/mol. The van der Waals surface area contributed by atoms with Crippen LogP contribution in [0.4, 0.5) is 34.1 Å². The maximum absolute atomic E-state index is 6.90. The van der Waals surface area contributed by atoms with Gasteiger partial charge in [-0.25, -0.2) is 0 Å². The quantitative estimate of drug-likeness (QED) is 0.165. The molecule has 12 aromatic rings. The van der Waals surface area contributed by atoms with Crippen LogP contribution in [0.2, 0.25) is 0 Å². The second-order valence-electron chi connectivity index (χ2n) is 26.1. The molecule has 5 heterocycles. The maximum atomic E-state index is 6.90. The van der Waals surface area contributed by atoms with Crippen LogP contribution in [0, 0.1) is 0 Å². The average Bonchev–Trinajstić information content (AvgIpc) is 2.39. The number of nitrogens with zero attached hydrogens (tertiary/aromatic N) is 3. The Hall–Kier alpha value is -8.58. The Bertz CT molecular complexity index is 4540. The molecule has 6 heteroatoms. The molecule has 0 saturated heterocycles. The summed E-state index contributed by atoms with van der Waals surface area (Å²) in [6, 6.07) is 81.1. The molecule has 0 fully saturated rings. The molecule has 0 unspecified atom stereocenters. The predicted molar refractivity (Wildman–Crippen MR) is 344 cm³/mol. The highest BCUT2D eigenvalue weighted by Gasteiger charge is 2.55. The highest BCUT2D eigenvalue weighted by atomic mass is 32.1. The SMILES string of the molecule is CC(C)(C)c1ccc(N2c3cc(-n4c5ccccc5c5ccccc54)cc4c3B(c3ccc5c(c32)-c2ccccc2C52c3ccccc3Oc3ccccc32)c2sc3ccc(C(C)(C)C)cc3c2N4c2ccc(C(C)(C)C)cc2)cc1. The molecule has 392 valence electrons. The minimum Gasteiger partial charge on any atom is -0.457 e. The van der Waals surface area contributed by atoms with Crippen LogP contribution in [-0.2, 0) is 21.7 Å². The van der Waals surface area contributed by atoms with Crippen molar-refractivity contribution in [1.29, 1.82) is 0 Å². The third kappa shape index (κ3) is 6.71. The number of hydrogen-bond acceptors (Lipinski definition) is 4. The summed E-state index contributed by atoms with van der Waals surface area (Å²) in [7, 11) is 0. The second-order valence-corrected chi connectivity index (χ2v) is 27.1. The van der Waals surface area contributed by atoms with Crippen LogP contribution >= 0.6 is 11.3 Å². The van der Waals surface area contributed by atoms with Gasteiger partial charge < -0.3 is 19.1 Å². The third-order valence-electron chi connectivity index (χ3n) is 18.3. The number of thiophene rings is 1. The monoisotopic (exact) mass is 1060 g/mol. The van der Waals surface area contributed by atoms with Crippen molar-refractivity contribution in [3.63, 3.8) is 0 Å². The molecule has 0 saturated carbocycles. The molecule has 16 rings (SSSR count). The van der Waals surface area contributed by atoms with E-state index in [-0.39, 0.29) is 23.0 Å². The van der Waals surface area contributed by atoms with Gasteiger partial charge in [-0.1, -0.05) is 202 Å². The number of ether oxygens (including phenoxy) is 1. The first-order chi connectivity index (χ1) is 39.1. The maximum Gasteiger partial charge on any atom is 0.264 e. The van der Waals surface area contributed by atoms with Crippen LogP contribution in [0.1, 0.15) is 101 Å².